The van der Waals surface area contributed by atoms with E-state index in [0.717, 1.165) is 4.31 Å². The second-order valence-electron chi connectivity index (χ2n) is 6.45. The minimum Gasteiger partial charge on any atom is -0.376 e. The Kier molecular flexibility index (Phi) is 7.29. The van der Waals surface area contributed by atoms with Gasteiger partial charge in [-0.25, -0.2) is 17.1 Å². The lowest BCUT2D eigenvalue weighted by Crippen LogP contribution is -2.36. The van der Waals surface area contributed by atoms with Gasteiger partial charge in [0.1, 0.15) is 5.82 Å². The van der Waals surface area contributed by atoms with Crippen LogP contribution in [-0.4, -0.2) is 51.7 Å². The maximum atomic E-state index is 12.8. The molecule has 0 spiro atoms. The second-order valence-corrected chi connectivity index (χ2v) is 8.57. The van der Waals surface area contributed by atoms with E-state index in [-0.39, 0.29) is 18.0 Å². The minimum absolute atomic E-state index is 0.145. The third kappa shape index (κ3) is 6.26. The predicted octanol–water partition coefficient (Wildman–Crippen LogP) is 1.55. The molecule has 0 radical (unpaired) electrons. The van der Waals surface area contributed by atoms with Crippen molar-refractivity contribution < 1.29 is 22.4 Å². The molecule has 2 rings (SSSR count). The molecular weight excluding hydrogens is 399 g/mol. The van der Waals surface area contributed by atoms with Gasteiger partial charge in [-0.05, 0) is 48.9 Å². The summed E-state index contributed by atoms with van der Waals surface area (Å²) < 4.78 is 38.6. The van der Waals surface area contributed by atoms with E-state index >= 15 is 0 Å². The fourth-order valence-corrected chi connectivity index (χ4v) is 3.49. The molecule has 0 atom stereocenters. The monoisotopic (exact) mass is 422 g/mol. The van der Waals surface area contributed by atoms with E-state index in [4.69, 9.17) is 0 Å². The SMILES string of the molecule is Cc1ccc(NCC(=O)NCC(=O)Nc2ccc(F)cc2)cc1S(=O)(=O)N(C)C. The molecule has 0 aliphatic heterocycles. The molecule has 8 nitrogen and oxygen atoms in total. The summed E-state index contributed by atoms with van der Waals surface area (Å²) in [5, 5.41) is 7.81. The molecule has 29 heavy (non-hydrogen) atoms. The van der Waals surface area contributed by atoms with Gasteiger partial charge < -0.3 is 16.0 Å². The summed E-state index contributed by atoms with van der Waals surface area (Å²) in [4.78, 5) is 23.9. The number of carbonyl (C=O) groups is 2. The van der Waals surface area contributed by atoms with Gasteiger partial charge in [-0.3, -0.25) is 9.59 Å². The number of anilines is 2. The summed E-state index contributed by atoms with van der Waals surface area (Å²) in [5.74, 6) is -1.32. The lowest BCUT2D eigenvalue weighted by Gasteiger charge is -2.15. The summed E-state index contributed by atoms with van der Waals surface area (Å²) >= 11 is 0. The van der Waals surface area contributed by atoms with Gasteiger partial charge in [0.25, 0.3) is 0 Å². The topological polar surface area (TPSA) is 108 Å². The zero-order valence-electron chi connectivity index (χ0n) is 16.3. The molecule has 0 aromatic heterocycles. The second kappa shape index (κ2) is 9.48. The number of nitrogens with zero attached hydrogens (tertiary/aromatic N) is 1. The Hall–Kier alpha value is -2.98. The Morgan fingerprint density at radius 1 is 0.966 bits per heavy atom. The van der Waals surface area contributed by atoms with Crippen LogP contribution < -0.4 is 16.0 Å². The number of benzene rings is 2. The van der Waals surface area contributed by atoms with Gasteiger partial charge in [-0.1, -0.05) is 6.07 Å². The maximum Gasteiger partial charge on any atom is 0.243 e. The molecule has 0 fully saturated rings. The highest BCUT2D eigenvalue weighted by Crippen LogP contribution is 2.22. The van der Waals surface area contributed by atoms with Gasteiger partial charge in [-0.2, -0.15) is 0 Å². The van der Waals surface area contributed by atoms with Crippen molar-refractivity contribution in [3.63, 3.8) is 0 Å². The number of hydrogen-bond donors (Lipinski definition) is 3. The fraction of sp³-hybridized carbons (Fsp3) is 0.263. The highest BCUT2D eigenvalue weighted by Gasteiger charge is 2.20. The molecule has 0 aliphatic rings. The van der Waals surface area contributed by atoms with E-state index in [2.05, 4.69) is 16.0 Å². The van der Waals surface area contributed by atoms with Crippen molar-refractivity contribution in [3.05, 3.63) is 53.8 Å². The summed E-state index contributed by atoms with van der Waals surface area (Å²) in [6, 6.07) is 10.0. The fourth-order valence-electron chi connectivity index (χ4n) is 2.35. The third-order valence-electron chi connectivity index (χ3n) is 3.97. The molecular formula is C19H23FN4O4S. The molecule has 156 valence electrons. The molecule has 2 amide bonds. The van der Waals surface area contributed by atoms with Gasteiger partial charge >= 0.3 is 0 Å². The lowest BCUT2D eigenvalue weighted by atomic mass is 10.2. The first kappa shape index (κ1) is 22.3. The summed E-state index contributed by atoms with van der Waals surface area (Å²) in [5.41, 5.74) is 1.46. The maximum absolute atomic E-state index is 12.8. The first-order valence-electron chi connectivity index (χ1n) is 8.69. The quantitative estimate of drug-likeness (QED) is 0.598. The molecule has 0 saturated carbocycles. The van der Waals surface area contributed by atoms with Crippen LogP contribution >= 0.6 is 0 Å². The number of rotatable bonds is 8. The lowest BCUT2D eigenvalue weighted by molar-refractivity contribution is -0.122. The van der Waals surface area contributed by atoms with Crippen LogP contribution in [0, 0.1) is 12.7 Å². The molecule has 0 saturated heterocycles. The van der Waals surface area contributed by atoms with Crippen molar-refractivity contribution in [3.8, 4) is 0 Å². The molecule has 0 bridgehead atoms. The number of nitrogens with one attached hydrogen (secondary N) is 3. The number of hydrogen-bond acceptors (Lipinski definition) is 5. The van der Waals surface area contributed by atoms with E-state index in [9.17, 15) is 22.4 Å². The number of halogens is 1. The molecule has 10 heteroatoms. The Bertz CT molecular complexity index is 992. The van der Waals surface area contributed by atoms with Gasteiger partial charge in [0.15, 0.2) is 0 Å². The summed E-state index contributed by atoms with van der Waals surface area (Å²) in [6.07, 6.45) is 0. The Morgan fingerprint density at radius 3 is 2.21 bits per heavy atom. The minimum atomic E-state index is -3.61. The van der Waals surface area contributed by atoms with Crippen molar-refractivity contribution in [2.24, 2.45) is 0 Å². The van der Waals surface area contributed by atoms with Crippen molar-refractivity contribution >= 4 is 33.2 Å². The highest BCUT2D eigenvalue weighted by atomic mass is 32.2. The highest BCUT2D eigenvalue weighted by molar-refractivity contribution is 7.89. The van der Waals surface area contributed by atoms with Crippen LogP contribution in [0.1, 0.15) is 5.56 Å². The number of amides is 2. The Labute approximate surface area is 169 Å². The Balaban J connectivity index is 1.87. The standard InChI is InChI=1S/C19H23FN4O4S/c1-13-4-7-16(10-17(13)29(27,28)24(2)3)21-11-18(25)22-12-19(26)23-15-8-5-14(20)6-9-15/h4-10,21H,11-12H2,1-3H3,(H,22,25)(H,23,26). The first-order valence-corrected chi connectivity index (χ1v) is 10.1. The number of sulfonamides is 1. The summed E-state index contributed by atoms with van der Waals surface area (Å²) in [7, 11) is -0.719. The number of carbonyl (C=O) groups excluding carboxylic acids is 2. The van der Waals surface area contributed by atoms with Gasteiger partial charge in [-0.15, -0.1) is 0 Å². The Morgan fingerprint density at radius 2 is 1.59 bits per heavy atom. The molecule has 0 aliphatic carbocycles. The van der Waals surface area contributed by atoms with Crippen molar-refractivity contribution in [1.29, 1.82) is 0 Å². The van der Waals surface area contributed by atoms with E-state index < -0.39 is 27.7 Å². The van der Waals surface area contributed by atoms with Crippen LogP contribution in [0.25, 0.3) is 0 Å². The van der Waals surface area contributed by atoms with Crippen molar-refractivity contribution in [2.75, 3.05) is 37.8 Å². The smallest absolute Gasteiger partial charge is 0.243 e. The van der Waals surface area contributed by atoms with E-state index in [1.54, 1.807) is 19.1 Å². The molecule has 0 unspecified atom stereocenters. The molecule has 2 aromatic carbocycles. The first-order chi connectivity index (χ1) is 13.6. The zero-order valence-corrected chi connectivity index (χ0v) is 17.1. The largest absolute Gasteiger partial charge is 0.376 e. The van der Waals surface area contributed by atoms with Crippen LogP contribution in [0.5, 0.6) is 0 Å². The predicted molar refractivity (Wildman–Crippen MR) is 109 cm³/mol. The van der Waals surface area contributed by atoms with Crippen LogP contribution in [0.3, 0.4) is 0 Å². The van der Waals surface area contributed by atoms with Crippen LogP contribution in [0.15, 0.2) is 47.4 Å². The normalized spacial score (nSPS) is 11.2. The molecule has 3 N–H and O–H groups in total. The molecule has 0 heterocycles. The van der Waals surface area contributed by atoms with Crippen LogP contribution in [0.2, 0.25) is 0 Å². The van der Waals surface area contributed by atoms with Crippen molar-refractivity contribution in [2.45, 2.75) is 11.8 Å². The zero-order chi connectivity index (χ0) is 21.6. The van der Waals surface area contributed by atoms with E-state index in [1.165, 1.54) is 44.4 Å². The average Bonchev–Trinajstić information content (AvgIpc) is 2.67. The van der Waals surface area contributed by atoms with E-state index in [1.807, 2.05) is 0 Å². The van der Waals surface area contributed by atoms with Gasteiger partial charge in [0.2, 0.25) is 21.8 Å². The van der Waals surface area contributed by atoms with Crippen molar-refractivity contribution in [1.82, 2.24) is 9.62 Å². The average molecular weight is 422 g/mol. The third-order valence-corrected chi connectivity index (χ3v) is 5.93. The van der Waals surface area contributed by atoms with Gasteiger partial charge in [0, 0.05) is 25.5 Å². The summed E-state index contributed by atoms with van der Waals surface area (Å²) in [6.45, 7) is 1.28. The van der Waals surface area contributed by atoms with Crippen LogP contribution in [0.4, 0.5) is 15.8 Å². The van der Waals surface area contributed by atoms with Crippen LogP contribution in [-0.2, 0) is 19.6 Å². The van der Waals surface area contributed by atoms with E-state index in [0.29, 0.717) is 16.9 Å². The van der Waals surface area contributed by atoms with Gasteiger partial charge in [0.05, 0.1) is 18.0 Å². The number of aryl methyl sites for hydroxylation is 1. The molecule has 2 aromatic rings.